The summed E-state index contributed by atoms with van der Waals surface area (Å²) < 4.78 is 0. The largest absolute Gasteiger partial charge is 0.369 e. The van der Waals surface area contributed by atoms with Crippen LogP contribution in [0.5, 0.6) is 0 Å². The highest BCUT2D eigenvalue weighted by atomic mass is 15.2. The third-order valence-electron chi connectivity index (χ3n) is 5.55. The topological polar surface area (TPSA) is 52.6 Å². The van der Waals surface area contributed by atoms with Crippen LogP contribution in [0.2, 0.25) is 0 Å². The average molecular weight is 388 g/mol. The molecule has 1 aromatic heterocycles. The summed E-state index contributed by atoms with van der Waals surface area (Å²) >= 11 is 0. The molecule has 0 bridgehead atoms. The second-order valence-electron chi connectivity index (χ2n) is 7.65. The van der Waals surface area contributed by atoms with Crippen molar-refractivity contribution in [1.82, 2.24) is 15.6 Å². The van der Waals surface area contributed by atoms with E-state index < -0.39 is 0 Å². The van der Waals surface area contributed by atoms with E-state index in [0.717, 1.165) is 44.0 Å². The molecule has 2 N–H and O–H groups in total. The van der Waals surface area contributed by atoms with E-state index >= 15 is 0 Å². The van der Waals surface area contributed by atoms with Gasteiger partial charge in [0, 0.05) is 50.0 Å². The molecular formula is C24H29N5. The van der Waals surface area contributed by atoms with Gasteiger partial charge in [-0.05, 0) is 43.5 Å². The Bertz CT molecular complexity index is 975. The van der Waals surface area contributed by atoms with Crippen LogP contribution in [0.15, 0.2) is 65.8 Å². The Hall–Kier alpha value is -3.08. The van der Waals surface area contributed by atoms with Crippen molar-refractivity contribution < 1.29 is 0 Å². The average Bonchev–Trinajstić information content (AvgIpc) is 3.22. The first-order valence-electron chi connectivity index (χ1n) is 10.3. The summed E-state index contributed by atoms with van der Waals surface area (Å²) in [5.74, 6) is 0.869. The molecule has 4 rings (SSSR count). The molecule has 2 aromatic carbocycles. The fraction of sp³-hybridized carbons (Fsp3) is 0.333. The van der Waals surface area contributed by atoms with Crippen molar-refractivity contribution >= 4 is 22.5 Å². The molecule has 2 heterocycles. The summed E-state index contributed by atoms with van der Waals surface area (Å²) in [6.45, 7) is 5.02. The number of fused-ring (bicyclic) bond motifs is 1. The lowest BCUT2D eigenvalue weighted by atomic mass is 10.1. The van der Waals surface area contributed by atoms with Gasteiger partial charge in [-0.3, -0.25) is 9.98 Å². The first kappa shape index (κ1) is 19.2. The fourth-order valence-corrected chi connectivity index (χ4v) is 3.94. The predicted molar refractivity (Wildman–Crippen MR) is 122 cm³/mol. The third-order valence-corrected chi connectivity index (χ3v) is 5.55. The van der Waals surface area contributed by atoms with Crippen LogP contribution in [-0.4, -0.2) is 43.7 Å². The maximum atomic E-state index is 4.55. The van der Waals surface area contributed by atoms with Crippen molar-refractivity contribution in [2.24, 2.45) is 4.99 Å². The highest BCUT2D eigenvalue weighted by Gasteiger charge is 2.23. The van der Waals surface area contributed by atoms with E-state index in [0.29, 0.717) is 6.04 Å². The number of aromatic nitrogens is 1. The molecule has 5 heteroatoms. The Kier molecular flexibility index (Phi) is 5.94. The molecule has 1 fully saturated rings. The second kappa shape index (κ2) is 8.95. The molecule has 1 aliphatic rings. The van der Waals surface area contributed by atoms with Crippen LogP contribution in [-0.2, 0) is 6.42 Å². The number of benzene rings is 2. The number of anilines is 1. The van der Waals surface area contributed by atoms with Crippen LogP contribution >= 0.6 is 0 Å². The van der Waals surface area contributed by atoms with E-state index in [9.17, 15) is 0 Å². The maximum absolute atomic E-state index is 4.55. The monoisotopic (exact) mass is 387 g/mol. The minimum absolute atomic E-state index is 0.404. The van der Waals surface area contributed by atoms with Crippen LogP contribution in [0.4, 0.5) is 5.69 Å². The second-order valence-corrected chi connectivity index (χ2v) is 7.65. The normalized spacial score (nSPS) is 17.0. The number of aryl methyl sites for hydroxylation is 1. The van der Waals surface area contributed by atoms with Crippen LogP contribution < -0.4 is 15.5 Å². The lowest BCUT2D eigenvalue weighted by Gasteiger charge is -2.20. The quantitative estimate of drug-likeness (QED) is 0.519. The van der Waals surface area contributed by atoms with Gasteiger partial charge in [0.15, 0.2) is 5.96 Å². The zero-order valence-electron chi connectivity index (χ0n) is 17.2. The van der Waals surface area contributed by atoms with E-state index in [1.165, 1.54) is 22.2 Å². The van der Waals surface area contributed by atoms with E-state index in [4.69, 9.17) is 0 Å². The van der Waals surface area contributed by atoms with E-state index in [2.05, 4.69) is 81.0 Å². The lowest BCUT2D eigenvalue weighted by Crippen LogP contribution is -2.45. The molecule has 1 saturated heterocycles. The van der Waals surface area contributed by atoms with Gasteiger partial charge >= 0.3 is 0 Å². The molecule has 0 saturated carbocycles. The van der Waals surface area contributed by atoms with Crippen molar-refractivity contribution in [3.8, 4) is 0 Å². The molecule has 5 nitrogen and oxygen atoms in total. The van der Waals surface area contributed by atoms with Crippen LogP contribution in [0.3, 0.4) is 0 Å². The van der Waals surface area contributed by atoms with Gasteiger partial charge in [-0.1, -0.05) is 42.0 Å². The van der Waals surface area contributed by atoms with Crippen molar-refractivity contribution in [1.29, 1.82) is 0 Å². The van der Waals surface area contributed by atoms with E-state index in [1.54, 1.807) is 0 Å². The number of nitrogens with zero attached hydrogens (tertiary/aromatic N) is 3. The molecule has 0 amide bonds. The van der Waals surface area contributed by atoms with E-state index in [-0.39, 0.29) is 0 Å². The van der Waals surface area contributed by atoms with Gasteiger partial charge in [-0.25, -0.2) is 0 Å². The summed E-state index contributed by atoms with van der Waals surface area (Å²) in [6, 6.07) is 19.6. The van der Waals surface area contributed by atoms with E-state index in [1.807, 2.05) is 19.3 Å². The number of nitrogens with one attached hydrogen (secondary N) is 2. The molecular weight excluding hydrogens is 358 g/mol. The SMILES string of the molecule is CN=C(NCCc1cccc2cccnc12)NC1CCN(c2ccc(C)cc2)C1. The Morgan fingerprint density at radius 3 is 2.79 bits per heavy atom. The standard InChI is InChI=1S/C24H29N5/c1-18-8-10-22(11-9-18)29-16-13-21(17-29)28-24(25-2)27-15-12-20-6-3-5-19-7-4-14-26-23(19)20/h3-11,14,21H,12-13,15-17H2,1-2H3,(H2,25,27,28). The molecule has 150 valence electrons. The van der Waals surface area contributed by atoms with Gasteiger partial charge < -0.3 is 15.5 Å². The number of pyridine rings is 1. The molecule has 3 aromatic rings. The van der Waals surface area contributed by atoms with Gasteiger partial charge in [0.1, 0.15) is 0 Å². The number of aliphatic imine (C=N–C) groups is 1. The number of guanidine groups is 1. The molecule has 1 aliphatic heterocycles. The summed E-state index contributed by atoms with van der Waals surface area (Å²) in [5.41, 5.74) is 4.95. The Balaban J connectivity index is 1.29. The number of rotatable bonds is 5. The van der Waals surface area contributed by atoms with Crippen LogP contribution in [0, 0.1) is 6.92 Å². The zero-order valence-corrected chi connectivity index (χ0v) is 17.2. The minimum atomic E-state index is 0.404. The Labute approximate surface area is 172 Å². The molecule has 0 spiro atoms. The van der Waals surface area contributed by atoms with Gasteiger partial charge in [-0.15, -0.1) is 0 Å². The fourth-order valence-electron chi connectivity index (χ4n) is 3.94. The van der Waals surface area contributed by atoms with Crippen molar-refractivity contribution in [3.05, 3.63) is 71.9 Å². The highest BCUT2D eigenvalue weighted by molar-refractivity contribution is 5.82. The minimum Gasteiger partial charge on any atom is -0.369 e. The van der Waals surface area contributed by atoms with Crippen molar-refractivity contribution in [2.75, 3.05) is 31.6 Å². The summed E-state index contributed by atoms with van der Waals surface area (Å²) in [4.78, 5) is 11.4. The maximum Gasteiger partial charge on any atom is 0.191 e. The predicted octanol–water partition coefficient (Wildman–Crippen LogP) is 3.53. The number of hydrogen-bond donors (Lipinski definition) is 2. The molecule has 1 atom stereocenters. The van der Waals surface area contributed by atoms with Crippen LogP contribution in [0.25, 0.3) is 10.9 Å². The number of para-hydroxylation sites is 1. The van der Waals surface area contributed by atoms with Gasteiger partial charge in [0.05, 0.1) is 5.52 Å². The summed E-state index contributed by atoms with van der Waals surface area (Å²) in [6.07, 6.45) is 3.89. The highest BCUT2D eigenvalue weighted by Crippen LogP contribution is 2.21. The third kappa shape index (κ3) is 4.67. The lowest BCUT2D eigenvalue weighted by molar-refractivity contribution is 0.648. The van der Waals surface area contributed by atoms with Gasteiger partial charge in [0.2, 0.25) is 0 Å². The van der Waals surface area contributed by atoms with Gasteiger partial charge in [0.25, 0.3) is 0 Å². The van der Waals surface area contributed by atoms with Crippen LogP contribution in [0.1, 0.15) is 17.5 Å². The van der Waals surface area contributed by atoms with Crippen molar-refractivity contribution in [2.45, 2.75) is 25.8 Å². The zero-order chi connectivity index (χ0) is 20.1. The first-order chi connectivity index (χ1) is 14.2. The molecule has 0 aliphatic carbocycles. The smallest absolute Gasteiger partial charge is 0.191 e. The van der Waals surface area contributed by atoms with Crippen molar-refractivity contribution in [3.63, 3.8) is 0 Å². The summed E-state index contributed by atoms with van der Waals surface area (Å²) in [5, 5.41) is 8.24. The molecule has 1 unspecified atom stereocenters. The van der Waals surface area contributed by atoms with Gasteiger partial charge in [-0.2, -0.15) is 0 Å². The molecule has 0 radical (unpaired) electrons. The summed E-state index contributed by atoms with van der Waals surface area (Å²) in [7, 11) is 1.83. The Morgan fingerprint density at radius 1 is 1.14 bits per heavy atom. The first-order valence-corrected chi connectivity index (χ1v) is 10.3. The Morgan fingerprint density at radius 2 is 1.97 bits per heavy atom. The molecule has 29 heavy (non-hydrogen) atoms. The number of hydrogen-bond acceptors (Lipinski definition) is 3.